The average molecular weight is 221 g/mol. The summed E-state index contributed by atoms with van der Waals surface area (Å²) in [6, 6.07) is 1.81. The lowest BCUT2D eigenvalue weighted by molar-refractivity contribution is 0.518. The molecule has 0 aromatic carbocycles. The van der Waals surface area contributed by atoms with E-state index in [2.05, 4.69) is 20.7 Å². The van der Waals surface area contributed by atoms with Gasteiger partial charge in [-0.05, 0) is 12.3 Å². The van der Waals surface area contributed by atoms with Gasteiger partial charge in [-0.3, -0.25) is 0 Å². The summed E-state index contributed by atoms with van der Waals surface area (Å²) >= 11 is 0. The fourth-order valence-corrected chi connectivity index (χ4v) is 2.24. The molecule has 0 radical (unpaired) electrons. The standard InChI is InChI=1S/C11H19N5/c12-16-11-7-10(14-8-15-11)13-6-5-9-3-1-2-4-9/h7-9H,1-6,12H2,(H2,13,14,15,16). The Morgan fingerprint density at radius 2 is 2.00 bits per heavy atom. The second-order valence-electron chi connectivity index (χ2n) is 4.30. The number of aromatic nitrogens is 2. The van der Waals surface area contributed by atoms with Gasteiger partial charge in [-0.15, -0.1) is 0 Å². The Balaban J connectivity index is 1.75. The van der Waals surface area contributed by atoms with E-state index < -0.39 is 0 Å². The first kappa shape index (κ1) is 11.1. The number of hydrogen-bond donors (Lipinski definition) is 3. The summed E-state index contributed by atoms with van der Waals surface area (Å²) in [6.07, 6.45) is 8.32. The number of nitrogens with two attached hydrogens (primary N) is 1. The Bertz CT molecular complexity index is 322. The maximum Gasteiger partial charge on any atom is 0.145 e. The third-order valence-corrected chi connectivity index (χ3v) is 3.15. The number of hydrazine groups is 1. The second-order valence-corrected chi connectivity index (χ2v) is 4.30. The van der Waals surface area contributed by atoms with E-state index in [1.54, 1.807) is 0 Å². The normalized spacial score (nSPS) is 16.3. The van der Waals surface area contributed by atoms with Crippen LogP contribution in [0.1, 0.15) is 32.1 Å². The van der Waals surface area contributed by atoms with Crippen LogP contribution in [0.25, 0.3) is 0 Å². The topological polar surface area (TPSA) is 75.9 Å². The fraction of sp³-hybridized carbons (Fsp3) is 0.636. The van der Waals surface area contributed by atoms with Gasteiger partial charge in [0.1, 0.15) is 18.0 Å². The Morgan fingerprint density at radius 1 is 1.25 bits per heavy atom. The van der Waals surface area contributed by atoms with Gasteiger partial charge in [0.2, 0.25) is 0 Å². The van der Waals surface area contributed by atoms with Gasteiger partial charge in [0, 0.05) is 12.6 Å². The molecule has 0 amide bonds. The maximum absolute atomic E-state index is 5.28. The molecule has 0 spiro atoms. The average Bonchev–Trinajstić information content (AvgIpc) is 2.82. The molecule has 1 aromatic heterocycles. The van der Waals surface area contributed by atoms with Gasteiger partial charge in [0.25, 0.3) is 0 Å². The highest BCUT2D eigenvalue weighted by molar-refractivity contribution is 5.45. The molecule has 0 bridgehead atoms. The van der Waals surface area contributed by atoms with Crippen LogP contribution in [0.15, 0.2) is 12.4 Å². The van der Waals surface area contributed by atoms with Crippen LogP contribution in [0, 0.1) is 5.92 Å². The van der Waals surface area contributed by atoms with Crippen molar-refractivity contribution in [3.05, 3.63) is 12.4 Å². The molecule has 88 valence electrons. The van der Waals surface area contributed by atoms with Crippen molar-refractivity contribution < 1.29 is 0 Å². The second kappa shape index (κ2) is 5.65. The van der Waals surface area contributed by atoms with Gasteiger partial charge in [0.05, 0.1) is 0 Å². The molecule has 1 aliphatic carbocycles. The predicted molar refractivity (Wildman–Crippen MR) is 64.9 cm³/mol. The first-order chi connectivity index (χ1) is 7.88. The zero-order valence-electron chi connectivity index (χ0n) is 9.45. The quantitative estimate of drug-likeness (QED) is 0.521. The molecule has 0 saturated heterocycles. The molecular formula is C11H19N5. The number of nitrogens with one attached hydrogen (secondary N) is 2. The highest BCUT2D eigenvalue weighted by Gasteiger charge is 2.14. The van der Waals surface area contributed by atoms with E-state index in [4.69, 9.17) is 5.84 Å². The van der Waals surface area contributed by atoms with Gasteiger partial charge < -0.3 is 10.7 Å². The monoisotopic (exact) mass is 221 g/mol. The Kier molecular flexibility index (Phi) is 3.93. The number of nitrogen functional groups attached to an aromatic ring is 1. The van der Waals surface area contributed by atoms with Crippen LogP contribution in [-0.4, -0.2) is 16.5 Å². The van der Waals surface area contributed by atoms with E-state index in [1.807, 2.05) is 6.07 Å². The number of hydrogen-bond acceptors (Lipinski definition) is 5. The zero-order chi connectivity index (χ0) is 11.2. The maximum atomic E-state index is 5.28. The van der Waals surface area contributed by atoms with E-state index in [-0.39, 0.29) is 0 Å². The summed E-state index contributed by atoms with van der Waals surface area (Å²) in [7, 11) is 0. The number of nitrogens with zero attached hydrogens (tertiary/aromatic N) is 2. The Labute approximate surface area is 95.8 Å². The number of anilines is 2. The summed E-state index contributed by atoms with van der Waals surface area (Å²) in [4.78, 5) is 8.09. The van der Waals surface area contributed by atoms with Crippen molar-refractivity contribution in [1.29, 1.82) is 0 Å². The molecule has 2 rings (SSSR count). The minimum Gasteiger partial charge on any atom is -0.370 e. The minimum absolute atomic E-state index is 0.637. The molecule has 1 aliphatic rings. The Hall–Kier alpha value is -1.36. The first-order valence-corrected chi connectivity index (χ1v) is 5.91. The van der Waals surface area contributed by atoms with E-state index in [0.29, 0.717) is 5.82 Å². The van der Waals surface area contributed by atoms with Crippen molar-refractivity contribution in [2.45, 2.75) is 32.1 Å². The smallest absolute Gasteiger partial charge is 0.145 e. The molecular weight excluding hydrogens is 202 g/mol. The molecule has 1 heterocycles. The van der Waals surface area contributed by atoms with Crippen molar-refractivity contribution in [3.63, 3.8) is 0 Å². The number of rotatable bonds is 5. The van der Waals surface area contributed by atoms with E-state index >= 15 is 0 Å². The summed E-state index contributed by atoms with van der Waals surface area (Å²) in [5.41, 5.74) is 2.51. The first-order valence-electron chi connectivity index (χ1n) is 5.91. The van der Waals surface area contributed by atoms with Crippen molar-refractivity contribution in [2.75, 3.05) is 17.3 Å². The lowest BCUT2D eigenvalue weighted by atomic mass is 10.0. The molecule has 0 aliphatic heterocycles. The van der Waals surface area contributed by atoms with Gasteiger partial charge in [-0.25, -0.2) is 15.8 Å². The minimum atomic E-state index is 0.637. The fourth-order valence-electron chi connectivity index (χ4n) is 2.24. The van der Waals surface area contributed by atoms with Gasteiger partial charge in [0.15, 0.2) is 0 Å². The lowest BCUT2D eigenvalue weighted by Crippen LogP contribution is -2.11. The van der Waals surface area contributed by atoms with Crippen molar-refractivity contribution in [3.8, 4) is 0 Å². The van der Waals surface area contributed by atoms with Crippen molar-refractivity contribution in [1.82, 2.24) is 9.97 Å². The lowest BCUT2D eigenvalue weighted by Gasteiger charge is -2.10. The van der Waals surface area contributed by atoms with Crippen LogP contribution in [-0.2, 0) is 0 Å². The molecule has 5 nitrogen and oxygen atoms in total. The van der Waals surface area contributed by atoms with Crippen LogP contribution < -0.4 is 16.6 Å². The molecule has 1 aromatic rings. The largest absolute Gasteiger partial charge is 0.370 e. The van der Waals surface area contributed by atoms with Crippen LogP contribution in [0.5, 0.6) is 0 Å². The molecule has 16 heavy (non-hydrogen) atoms. The van der Waals surface area contributed by atoms with Crippen LogP contribution in [0.4, 0.5) is 11.6 Å². The third kappa shape index (κ3) is 3.06. The van der Waals surface area contributed by atoms with Crippen LogP contribution in [0.2, 0.25) is 0 Å². The molecule has 1 saturated carbocycles. The predicted octanol–water partition coefficient (Wildman–Crippen LogP) is 1.75. The molecule has 1 fully saturated rings. The highest BCUT2D eigenvalue weighted by atomic mass is 15.3. The van der Waals surface area contributed by atoms with E-state index in [0.717, 1.165) is 18.3 Å². The summed E-state index contributed by atoms with van der Waals surface area (Å²) in [5, 5.41) is 3.30. The summed E-state index contributed by atoms with van der Waals surface area (Å²) in [6.45, 7) is 0.978. The van der Waals surface area contributed by atoms with Crippen LogP contribution >= 0.6 is 0 Å². The molecule has 5 heteroatoms. The van der Waals surface area contributed by atoms with Crippen molar-refractivity contribution >= 4 is 11.6 Å². The molecule has 0 atom stereocenters. The SMILES string of the molecule is NNc1cc(NCCC2CCCC2)ncn1. The summed E-state index contributed by atoms with van der Waals surface area (Å²) in [5.74, 6) is 7.65. The van der Waals surface area contributed by atoms with Gasteiger partial charge >= 0.3 is 0 Å². The Morgan fingerprint density at radius 3 is 2.75 bits per heavy atom. The van der Waals surface area contributed by atoms with Crippen LogP contribution in [0.3, 0.4) is 0 Å². The highest BCUT2D eigenvalue weighted by Crippen LogP contribution is 2.27. The van der Waals surface area contributed by atoms with Gasteiger partial charge in [-0.2, -0.15) is 0 Å². The third-order valence-electron chi connectivity index (χ3n) is 3.15. The van der Waals surface area contributed by atoms with E-state index in [9.17, 15) is 0 Å². The summed E-state index contributed by atoms with van der Waals surface area (Å²) < 4.78 is 0. The van der Waals surface area contributed by atoms with Gasteiger partial charge in [-0.1, -0.05) is 25.7 Å². The van der Waals surface area contributed by atoms with Crippen molar-refractivity contribution in [2.24, 2.45) is 11.8 Å². The zero-order valence-corrected chi connectivity index (χ0v) is 9.45. The van der Waals surface area contributed by atoms with E-state index in [1.165, 1.54) is 38.4 Å². The molecule has 0 unspecified atom stereocenters. The molecule has 4 N–H and O–H groups in total.